The van der Waals surface area contributed by atoms with Gasteiger partial charge < -0.3 is 10.6 Å². The van der Waals surface area contributed by atoms with Crippen molar-refractivity contribution in [3.05, 3.63) is 24.5 Å². The van der Waals surface area contributed by atoms with E-state index in [-0.39, 0.29) is 0 Å². The largest absolute Gasteiger partial charge is 0.368 e. The van der Waals surface area contributed by atoms with Crippen LogP contribution in [0.3, 0.4) is 0 Å². The normalized spacial score (nSPS) is 33.1. The molecule has 2 saturated heterocycles. The number of aromatic nitrogens is 1. The smallest absolute Gasteiger partial charge is 0.0399 e. The van der Waals surface area contributed by atoms with Crippen LogP contribution in [0.4, 0.5) is 5.69 Å². The topological polar surface area (TPSA) is 42.1 Å². The summed E-state index contributed by atoms with van der Waals surface area (Å²) >= 11 is 0. The number of nitrogens with zero attached hydrogens (tertiary/aromatic N) is 2. The van der Waals surface area contributed by atoms with Crippen molar-refractivity contribution in [3.63, 3.8) is 0 Å². The second-order valence-electron chi connectivity index (χ2n) is 5.08. The zero-order chi connectivity index (χ0) is 11.0. The summed E-state index contributed by atoms with van der Waals surface area (Å²) in [6, 6.07) is 4.96. The molecule has 3 unspecified atom stereocenters. The maximum absolute atomic E-state index is 5.85. The molecule has 3 heterocycles. The number of piperidine rings is 2. The second kappa shape index (κ2) is 4.06. The van der Waals surface area contributed by atoms with Crippen molar-refractivity contribution in [2.24, 2.45) is 17.6 Å². The van der Waals surface area contributed by atoms with Gasteiger partial charge in [-0.15, -0.1) is 0 Å². The van der Waals surface area contributed by atoms with Gasteiger partial charge in [-0.2, -0.15) is 0 Å². The highest BCUT2D eigenvalue weighted by Gasteiger charge is 2.39. The van der Waals surface area contributed by atoms with Crippen molar-refractivity contribution in [2.75, 3.05) is 18.0 Å². The summed E-state index contributed by atoms with van der Waals surface area (Å²) in [5.74, 6) is 1.57. The van der Waals surface area contributed by atoms with E-state index >= 15 is 0 Å². The first-order chi connectivity index (χ1) is 7.88. The molecule has 3 aliphatic rings. The van der Waals surface area contributed by atoms with Gasteiger partial charge >= 0.3 is 0 Å². The molecule has 2 bridgehead atoms. The van der Waals surface area contributed by atoms with Gasteiger partial charge in [0.15, 0.2) is 0 Å². The zero-order valence-corrected chi connectivity index (χ0v) is 9.55. The molecule has 0 aromatic carbocycles. The number of nitrogens with two attached hydrogens (primary N) is 1. The number of anilines is 1. The molecule has 0 amide bonds. The van der Waals surface area contributed by atoms with E-state index in [4.69, 9.17) is 5.73 Å². The van der Waals surface area contributed by atoms with Crippen LogP contribution >= 0.6 is 0 Å². The van der Waals surface area contributed by atoms with Gasteiger partial charge in [0.1, 0.15) is 0 Å². The third-order valence-electron chi connectivity index (χ3n) is 4.28. The van der Waals surface area contributed by atoms with E-state index in [1.807, 2.05) is 12.4 Å². The summed E-state index contributed by atoms with van der Waals surface area (Å²) in [5.41, 5.74) is 7.18. The molecule has 3 fully saturated rings. The minimum absolute atomic E-state index is 0.709. The van der Waals surface area contributed by atoms with Gasteiger partial charge in [-0.05, 0) is 49.8 Å². The van der Waals surface area contributed by atoms with Crippen molar-refractivity contribution in [1.29, 1.82) is 0 Å². The Morgan fingerprint density at radius 2 is 2.12 bits per heavy atom. The fourth-order valence-electron chi connectivity index (χ4n) is 3.37. The van der Waals surface area contributed by atoms with E-state index in [0.29, 0.717) is 6.04 Å². The maximum Gasteiger partial charge on any atom is 0.0399 e. The minimum atomic E-state index is 0.709. The summed E-state index contributed by atoms with van der Waals surface area (Å²) in [6.07, 6.45) is 7.76. The fraction of sp³-hybridized carbons (Fsp3) is 0.615. The van der Waals surface area contributed by atoms with Crippen LogP contribution in [0, 0.1) is 11.8 Å². The Bertz CT molecular complexity index is 351. The first-order valence-corrected chi connectivity index (χ1v) is 6.25. The van der Waals surface area contributed by atoms with Gasteiger partial charge in [0.05, 0.1) is 0 Å². The molecule has 4 rings (SSSR count). The van der Waals surface area contributed by atoms with E-state index in [2.05, 4.69) is 22.0 Å². The third-order valence-corrected chi connectivity index (χ3v) is 4.28. The van der Waals surface area contributed by atoms with E-state index in [1.165, 1.54) is 31.5 Å². The third kappa shape index (κ3) is 1.59. The molecule has 1 aromatic heterocycles. The molecule has 1 aromatic rings. The molecule has 3 heteroatoms. The summed E-state index contributed by atoms with van der Waals surface area (Å²) in [6.45, 7) is 2.06. The Balaban J connectivity index is 1.81. The highest BCUT2D eigenvalue weighted by atomic mass is 15.2. The van der Waals surface area contributed by atoms with Crippen LogP contribution in [0.2, 0.25) is 0 Å². The Hall–Kier alpha value is -1.09. The molecule has 2 aliphatic heterocycles. The Morgan fingerprint density at radius 3 is 2.75 bits per heavy atom. The second-order valence-corrected chi connectivity index (χ2v) is 5.08. The van der Waals surface area contributed by atoms with Crippen molar-refractivity contribution < 1.29 is 0 Å². The number of rotatable bonds is 2. The highest BCUT2D eigenvalue weighted by molar-refractivity contribution is 5.47. The summed E-state index contributed by atoms with van der Waals surface area (Å²) in [4.78, 5) is 6.64. The van der Waals surface area contributed by atoms with Gasteiger partial charge in [0.2, 0.25) is 0 Å². The van der Waals surface area contributed by atoms with E-state index in [0.717, 1.165) is 18.4 Å². The molecule has 3 atom stereocenters. The van der Waals surface area contributed by atoms with Crippen LogP contribution in [0.1, 0.15) is 19.3 Å². The van der Waals surface area contributed by atoms with Gasteiger partial charge in [-0.25, -0.2) is 0 Å². The summed E-state index contributed by atoms with van der Waals surface area (Å²) in [7, 11) is 0. The van der Waals surface area contributed by atoms with Crippen LogP contribution < -0.4 is 10.6 Å². The first kappa shape index (κ1) is 10.1. The van der Waals surface area contributed by atoms with Gasteiger partial charge in [-0.3, -0.25) is 4.98 Å². The number of pyridine rings is 1. The van der Waals surface area contributed by atoms with Crippen LogP contribution in [-0.4, -0.2) is 24.1 Å². The van der Waals surface area contributed by atoms with Crippen LogP contribution in [-0.2, 0) is 0 Å². The average molecular weight is 217 g/mol. The molecule has 0 radical (unpaired) electrons. The van der Waals surface area contributed by atoms with Crippen molar-refractivity contribution in [2.45, 2.75) is 25.3 Å². The van der Waals surface area contributed by atoms with Gasteiger partial charge in [0, 0.05) is 30.7 Å². The lowest BCUT2D eigenvalue weighted by atomic mass is 9.72. The lowest BCUT2D eigenvalue weighted by Gasteiger charge is -2.50. The van der Waals surface area contributed by atoms with Crippen molar-refractivity contribution in [3.8, 4) is 0 Å². The van der Waals surface area contributed by atoms with E-state index < -0.39 is 0 Å². The maximum atomic E-state index is 5.85. The van der Waals surface area contributed by atoms with Crippen molar-refractivity contribution in [1.82, 2.24) is 4.98 Å². The minimum Gasteiger partial charge on any atom is -0.368 e. The first-order valence-electron chi connectivity index (χ1n) is 6.25. The molecule has 3 nitrogen and oxygen atoms in total. The van der Waals surface area contributed by atoms with Crippen molar-refractivity contribution >= 4 is 5.69 Å². The van der Waals surface area contributed by atoms with Gasteiger partial charge in [0.25, 0.3) is 0 Å². The van der Waals surface area contributed by atoms with Crippen LogP contribution in [0.5, 0.6) is 0 Å². The zero-order valence-electron chi connectivity index (χ0n) is 9.55. The molecular weight excluding hydrogens is 198 g/mol. The quantitative estimate of drug-likeness (QED) is 0.819. The lowest BCUT2D eigenvalue weighted by molar-refractivity contribution is 0.167. The Morgan fingerprint density at radius 1 is 1.31 bits per heavy atom. The van der Waals surface area contributed by atoms with Crippen LogP contribution in [0.15, 0.2) is 24.5 Å². The predicted molar refractivity (Wildman–Crippen MR) is 65.3 cm³/mol. The highest BCUT2D eigenvalue weighted by Crippen LogP contribution is 2.40. The van der Waals surface area contributed by atoms with Crippen LogP contribution in [0.25, 0.3) is 0 Å². The number of fused-ring (bicyclic) bond motifs is 3. The molecule has 1 saturated carbocycles. The molecular formula is C13H19N3. The molecule has 16 heavy (non-hydrogen) atoms. The van der Waals surface area contributed by atoms with E-state index in [9.17, 15) is 0 Å². The molecule has 1 aliphatic carbocycles. The Labute approximate surface area is 96.7 Å². The molecule has 0 spiro atoms. The number of hydrogen-bond acceptors (Lipinski definition) is 3. The predicted octanol–water partition coefficient (Wildman–Crippen LogP) is 1.65. The fourth-order valence-corrected chi connectivity index (χ4v) is 3.37. The monoisotopic (exact) mass is 217 g/mol. The number of hydrogen-bond donors (Lipinski definition) is 1. The molecule has 2 N–H and O–H groups in total. The lowest BCUT2D eigenvalue weighted by Crippen LogP contribution is -2.53. The SMILES string of the molecule is NCC1CC2CCC1CN2c1ccncc1. The molecule has 86 valence electrons. The standard InChI is InChI=1S/C13H19N3/c14-8-11-7-13-2-1-10(11)9-16(13)12-3-5-15-6-4-12/h3-6,10-11,13H,1-2,7-9,14H2. The summed E-state index contributed by atoms with van der Waals surface area (Å²) < 4.78 is 0. The van der Waals surface area contributed by atoms with E-state index in [1.54, 1.807) is 0 Å². The Kier molecular flexibility index (Phi) is 2.56. The van der Waals surface area contributed by atoms with Gasteiger partial charge in [-0.1, -0.05) is 0 Å². The average Bonchev–Trinajstić information content (AvgIpc) is 2.40. The summed E-state index contributed by atoms with van der Waals surface area (Å²) in [5, 5.41) is 0.